The molecule has 0 heterocycles. The van der Waals surface area contributed by atoms with Gasteiger partial charge in [-0.3, -0.25) is 14.9 Å². The summed E-state index contributed by atoms with van der Waals surface area (Å²) in [7, 11) is 0. The molecule has 21 heavy (non-hydrogen) atoms. The molecular weight excluding hydrogens is 272 g/mol. The number of hydrogen-bond donors (Lipinski definition) is 2. The van der Waals surface area contributed by atoms with Crippen molar-refractivity contribution < 1.29 is 14.8 Å². The lowest BCUT2D eigenvalue weighted by Crippen LogP contribution is -2.45. The smallest absolute Gasteiger partial charge is 0.269 e. The number of amides is 1. The van der Waals surface area contributed by atoms with Crippen molar-refractivity contribution >= 4 is 11.6 Å². The predicted octanol–water partition coefficient (Wildman–Crippen LogP) is 2.05. The van der Waals surface area contributed by atoms with Gasteiger partial charge in [-0.25, -0.2) is 0 Å². The third kappa shape index (κ3) is 5.15. The van der Waals surface area contributed by atoms with E-state index in [0.29, 0.717) is 5.56 Å². The Balaban J connectivity index is 2.52. The highest BCUT2D eigenvalue weighted by atomic mass is 16.6. The molecule has 1 rings (SSSR count). The summed E-state index contributed by atoms with van der Waals surface area (Å²) in [6.07, 6.45) is 0.958. The summed E-state index contributed by atoms with van der Waals surface area (Å²) in [6, 6.07) is 5.87. The van der Waals surface area contributed by atoms with Gasteiger partial charge in [-0.15, -0.1) is 0 Å². The summed E-state index contributed by atoms with van der Waals surface area (Å²) in [4.78, 5) is 21.9. The summed E-state index contributed by atoms with van der Waals surface area (Å²) in [5, 5.41) is 23.4. The molecule has 1 aromatic rings. The van der Waals surface area contributed by atoms with Gasteiger partial charge < -0.3 is 10.4 Å². The summed E-state index contributed by atoms with van der Waals surface area (Å²) in [5.41, 5.74) is -0.250. The third-order valence-electron chi connectivity index (χ3n) is 3.83. The Morgan fingerprint density at radius 3 is 2.48 bits per heavy atom. The van der Waals surface area contributed by atoms with Gasteiger partial charge in [0.15, 0.2) is 0 Å². The maximum atomic E-state index is 11.8. The first-order valence-corrected chi connectivity index (χ1v) is 6.98. The zero-order chi connectivity index (χ0) is 16.0. The number of carbonyl (C=O) groups excluding carboxylic acids is 1. The first-order chi connectivity index (χ1) is 9.76. The molecule has 1 aromatic carbocycles. The number of rotatable bonds is 7. The fraction of sp³-hybridized carbons (Fsp3) is 0.533. The molecule has 0 spiro atoms. The highest BCUT2D eigenvalue weighted by Crippen LogP contribution is 2.19. The van der Waals surface area contributed by atoms with Crippen LogP contribution in [0, 0.1) is 16.0 Å². The van der Waals surface area contributed by atoms with Crippen molar-refractivity contribution in [3.63, 3.8) is 0 Å². The van der Waals surface area contributed by atoms with Crippen LogP contribution in [-0.2, 0) is 11.2 Å². The Hall–Kier alpha value is -1.95. The Kier molecular flexibility index (Phi) is 5.84. The Morgan fingerprint density at radius 1 is 1.43 bits per heavy atom. The van der Waals surface area contributed by atoms with Crippen LogP contribution in [0.25, 0.3) is 0 Å². The fourth-order valence-corrected chi connectivity index (χ4v) is 1.87. The zero-order valence-corrected chi connectivity index (χ0v) is 12.6. The van der Waals surface area contributed by atoms with Crippen molar-refractivity contribution in [3.05, 3.63) is 39.9 Å². The number of nitrogens with zero attached hydrogens (tertiary/aromatic N) is 1. The summed E-state index contributed by atoms with van der Waals surface area (Å²) >= 11 is 0. The molecule has 0 aromatic heterocycles. The van der Waals surface area contributed by atoms with E-state index in [1.165, 1.54) is 12.1 Å². The van der Waals surface area contributed by atoms with Crippen molar-refractivity contribution in [1.29, 1.82) is 0 Å². The van der Waals surface area contributed by atoms with E-state index in [4.69, 9.17) is 0 Å². The molecule has 0 radical (unpaired) electrons. The minimum absolute atomic E-state index is 0.00105. The first kappa shape index (κ1) is 17.1. The molecule has 6 heteroatoms. The number of nitro groups is 1. The van der Waals surface area contributed by atoms with E-state index in [1.807, 2.05) is 13.8 Å². The Morgan fingerprint density at radius 2 is 2.00 bits per heavy atom. The predicted molar refractivity (Wildman–Crippen MR) is 79.9 cm³/mol. The molecule has 116 valence electrons. The van der Waals surface area contributed by atoms with Crippen molar-refractivity contribution in [2.45, 2.75) is 39.2 Å². The van der Waals surface area contributed by atoms with Crippen molar-refractivity contribution in [3.8, 4) is 0 Å². The molecule has 0 aliphatic rings. The molecule has 0 aliphatic carbocycles. The normalized spacial score (nSPS) is 15.0. The first-order valence-electron chi connectivity index (χ1n) is 6.98. The number of aliphatic hydroxyl groups is 1. The van der Waals surface area contributed by atoms with E-state index in [-0.39, 0.29) is 30.5 Å². The fourth-order valence-electron chi connectivity index (χ4n) is 1.87. The molecule has 0 saturated carbocycles. The average Bonchev–Trinajstić information content (AvgIpc) is 2.45. The Bertz CT molecular complexity index is 497. The van der Waals surface area contributed by atoms with Gasteiger partial charge in [-0.2, -0.15) is 0 Å². The second-order valence-electron chi connectivity index (χ2n) is 5.54. The molecule has 2 atom stereocenters. The van der Waals surface area contributed by atoms with Crippen LogP contribution in [0.4, 0.5) is 5.69 Å². The highest BCUT2D eigenvalue weighted by molar-refractivity contribution is 5.78. The van der Waals surface area contributed by atoms with Gasteiger partial charge in [-0.05, 0) is 18.4 Å². The maximum absolute atomic E-state index is 11.8. The van der Waals surface area contributed by atoms with E-state index < -0.39 is 10.5 Å². The second-order valence-corrected chi connectivity index (χ2v) is 5.54. The largest absolute Gasteiger partial charge is 0.388 e. The van der Waals surface area contributed by atoms with E-state index in [1.54, 1.807) is 19.1 Å². The van der Waals surface area contributed by atoms with Crippen LogP contribution in [-0.4, -0.2) is 28.1 Å². The monoisotopic (exact) mass is 294 g/mol. The molecule has 0 bridgehead atoms. The lowest BCUT2D eigenvalue weighted by Gasteiger charge is -2.29. The molecular formula is C15H22N2O4. The summed E-state index contributed by atoms with van der Waals surface area (Å²) < 4.78 is 0. The minimum Gasteiger partial charge on any atom is -0.388 e. The van der Waals surface area contributed by atoms with Crippen LogP contribution in [0.3, 0.4) is 0 Å². The lowest BCUT2D eigenvalue weighted by molar-refractivity contribution is -0.384. The SMILES string of the molecule is CCC(C)C(C)(O)CNC(=O)Cc1ccc([N+](=O)[O-])cc1. The molecule has 1 amide bonds. The van der Waals surface area contributed by atoms with Crippen LogP contribution in [0.1, 0.15) is 32.8 Å². The van der Waals surface area contributed by atoms with Crippen LogP contribution in [0.2, 0.25) is 0 Å². The van der Waals surface area contributed by atoms with Crippen LogP contribution in [0.15, 0.2) is 24.3 Å². The number of nitrogens with one attached hydrogen (secondary N) is 1. The molecule has 0 saturated heterocycles. The van der Waals surface area contributed by atoms with Gasteiger partial charge in [0.25, 0.3) is 5.69 Å². The van der Waals surface area contributed by atoms with Gasteiger partial charge in [0.05, 0.1) is 16.9 Å². The number of benzene rings is 1. The quantitative estimate of drug-likeness (QED) is 0.594. The molecule has 0 fully saturated rings. The molecule has 6 nitrogen and oxygen atoms in total. The van der Waals surface area contributed by atoms with Crippen LogP contribution in [0.5, 0.6) is 0 Å². The van der Waals surface area contributed by atoms with E-state index in [9.17, 15) is 20.0 Å². The average molecular weight is 294 g/mol. The van der Waals surface area contributed by atoms with Gasteiger partial charge in [-0.1, -0.05) is 32.4 Å². The zero-order valence-electron chi connectivity index (χ0n) is 12.6. The summed E-state index contributed by atoms with van der Waals surface area (Å²) in [5.74, 6) is -0.135. The standard InChI is InChI=1S/C15H22N2O4/c1-4-11(2)15(3,19)10-16-14(18)9-12-5-7-13(8-6-12)17(20)21/h5-8,11,19H,4,9-10H2,1-3H3,(H,16,18). The number of non-ortho nitro benzene ring substituents is 1. The van der Waals surface area contributed by atoms with Gasteiger partial charge in [0, 0.05) is 18.7 Å². The topological polar surface area (TPSA) is 92.5 Å². The molecule has 2 N–H and O–H groups in total. The van der Waals surface area contributed by atoms with Crippen LogP contribution >= 0.6 is 0 Å². The third-order valence-corrected chi connectivity index (χ3v) is 3.83. The molecule has 2 unspecified atom stereocenters. The number of nitro benzene ring substituents is 1. The summed E-state index contributed by atoms with van der Waals surface area (Å²) in [6.45, 7) is 5.81. The van der Waals surface area contributed by atoms with Crippen molar-refractivity contribution in [1.82, 2.24) is 5.32 Å². The Labute approximate surface area is 124 Å². The minimum atomic E-state index is -0.945. The van der Waals surface area contributed by atoms with Gasteiger partial charge in [0.1, 0.15) is 0 Å². The lowest BCUT2D eigenvalue weighted by atomic mass is 9.88. The number of carbonyl (C=O) groups is 1. The number of hydrogen-bond acceptors (Lipinski definition) is 4. The van der Waals surface area contributed by atoms with Crippen LogP contribution < -0.4 is 5.32 Å². The second kappa shape index (κ2) is 7.17. The van der Waals surface area contributed by atoms with Crippen molar-refractivity contribution in [2.75, 3.05) is 6.54 Å². The van der Waals surface area contributed by atoms with Crippen molar-refractivity contribution in [2.24, 2.45) is 5.92 Å². The van der Waals surface area contributed by atoms with E-state index >= 15 is 0 Å². The van der Waals surface area contributed by atoms with Gasteiger partial charge in [0.2, 0.25) is 5.91 Å². The van der Waals surface area contributed by atoms with Gasteiger partial charge >= 0.3 is 0 Å². The van der Waals surface area contributed by atoms with E-state index in [2.05, 4.69) is 5.32 Å². The highest BCUT2D eigenvalue weighted by Gasteiger charge is 2.27. The maximum Gasteiger partial charge on any atom is 0.269 e. The molecule has 0 aliphatic heterocycles. The van der Waals surface area contributed by atoms with E-state index in [0.717, 1.165) is 6.42 Å².